The van der Waals surface area contributed by atoms with Gasteiger partial charge >= 0.3 is 0 Å². The summed E-state index contributed by atoms with van der Waals surface area (Å²) in [6, 6.07) is 21.8. The first-order valence-corrected chi connectivity index (χ1v) is 25.9. The minimum Gasteiger partial charge on any atom is -0.473 e. The van der Waals surface area contributed by atoms with E-state index in [2.05, 4.69) is 67.9 Å². The lowest BCUT2D eigenvalue weighted by Gasteiger charge is -2.57. The number of anilines is 2. The van der Waals surface area contributed by atoms with Gasteiger partial charge in [-0.15, -0.1) is 0 Å². The molecule has 4 heterocycles. The molecular formula is C52H65N7O9S. The molecule has 9 rings (SSSR count). The van der Waals surface area contributed by atoms with E-state index in [4.69, 9.17) is 14.2 Å². The maximum atomic E-state index is 14.2. The van der Waals surface area contributed by atoms with Crippen LogP contribution in [0.4, 0.5) is 17.1 Å². The molecule has 4 aliphatic rings. The summed E-state index contributed by atoms with van der Waals surface area (Å²) in [7, 11) is -3.06. The molecule has 2 aromatic heterocycles. The molecule has 69 heavy (non-hydrogen) atoms. The van der Waals surface area contributed by atoms with Gasteiger partial charge in [0.1, 0.15) is 23.7 Å². The van der Waals surface area contributed by atoms with Gasteiger partial charge in [0.2, 0.25) is 0 Å². The zero-order valence-corrected chi connectivity index (χ0v) is 40.9. The predicted octanol–water partition coefficient (Wildman–Crippen LogP) is 9.12. The number of hydrogen-bond acceptors (Lipinski definition) is 13. The van der Waals surface area contributed by atoms with Crippen LogP contribution in [0.3, 0.4) is 0 Å². The second kappa shape index (κ2) is 19.9. The number of likely N-dealkylation sites (tertiary alicyclic amines) is 1. The minimum atomic E-state index is -4.62. The molecule has 4 N–H and O–H groups in total. The summed E-state index contributed by atoms with van der Waals surface area (Å²) in [5, 5.41) is 26.4. The molecule has 2 saturated carbocycles. The summed E-state index contributed by atoms with van der Waals surface area (Å²) < 4.78 is 47.7. The number of H-pyrrole nitrogens is 1. The number of nitrogens with zero attached hydrogens (tertiary/aromatic N) is 4. The van der Waals surface area contributed by atoms with Gasteiger partial charge in [-0.05, 0) is 129 Å². The number of nitrogens with one attached hydrogen (secondary N) is 3. The molecule has 0 unspecified atom stereocenters. The lowest BCUT2D eigenvalue weighted by molar-refractivity contribution is -0.384. The lowest BCUT2D eigenvalue weighted by Crippen LogP contribution is -2.63. The van der Waals surface area contributed by atoms with E-state index in [1.165, 1.54) is 42.5 Å². The number of aromatic amines is 1. The van der Waals surface area contributed by atoms with E-state index >= 15 is 0 Å². The number of pyridine rings is 1. The number of nitro benzene ring substituents is 1. The van der Waals surface area contributed by atoms with Crippen LogP contribution in [0.2, 0.25) is 0 Å². The Kier molecular flexibility index (Phi) is 13.9. The second-order valence-electron chi connectivity index (χ2n) is 20.3. The molecule has 0 bridgehead atoms. The Balaban J connectivity index is 0.934. The smallest absolute Gasteiger partial charge is 0.293 e. The van der Waals surface area contributed by atoms with Crippen LogP contribution in [0.5, 0.6) is 17.4 Å². The highest BCUT2D eigenvalue weighted by atomic mass is 32.2. The number of sulfonamides is 1. The van der Waals surface area contributed by atoms with Crippen molar-refractivity contribution in [2.24, 2.45) is 11.3 Å². The normalized spacial score (nSPS) is 22.7. The fourth-order valence-corrected chi connectivity index (χ4v) is 12.1. The van der Waals surface area contributed by atoms with E-state index in [0.29, 0.717) is 42.9 Å². The average Bonchev–Trinajstić information content (AvgIpc) is 4.00. The van der Waals surface area contributed by atoms with E-state index in [1.807, 2.05) is 13.0 Å². The van der Waals surface area contributed by atoms with Crippen LogP contribution in [-0.4, -0.2) is 104 Å². The van der Waals surface area contributed by atoms with Crippen molar-refractivity contribution in [3.63, 3.8) is 0 Å². The Morgan fingerprint density at radius 1 is 0.971 bits per heavy atom. The van der Waals surface area contributed by atoms with Crippen LogP contribution in [0.1, 0.15) is 112 Å². The van der Waals surface area contributed by atoms with E-state index in [-0.39, 0.29) is 53.2 Å². The molecule has 2 aliphatic carbocycles. The van der Waals surface area contributed by atoms with Crippen LogP contribution in [-0.2, 0) is 14.8 Å². The number of piperidine rings is 1. The molecule has 368 valence electrons. The third kappa shape index (κ3) is 10.6. The van der Waals surface area contributed by atoms with Crippen molar-refractivity contribution < 1.29 is 37.5 Å². The van der Waals surface area contributed by atoms with Gasteiger partial charge in [0.25, 0.3) is 27.5 Å². The van der Waals surface area contributed by atoms with Crippen molar-refractivity contribution in [3.05, 3.63) is 106 Å². The molecule has 17 heteroatoms. The van der Waals surface area contributed by atoms with Crippen molar-refractivity contribution in [1.82, 2.24) is 19.6 Å². The van der Waals surface area contributed by atoms with Gasteiger partial charge in [0.15, 0.2) is 5.75 Å². The van der Waals surface area contributed by atoms with Crippen LogP contribution >= 0.6 is 0 Å². The Bertz CT molecular complexity index is 2770. The van der Waals surface area contributed by atoms with Gasteiger partial charge in [-0.2, -0.15) is 4.98 Å². The maximum absolute atomic E-state index is 14.2. The molecule has 1 spiro atoms. The van der Waals surface area contributed by atoms with Crippen LogP contribution in [0.25, 0.3) is 11.0 Å². The third-order valence-corrected chi connectivity index (χ3v) is 16.5. The summed E-state index contributed by atoms with van der Waals surface area (Å²) in [5.74, 6) is 0.685. The van der Waals surface area contributed by atoms with Crippen LogP contribution in [0, 0.1) is 21.4 Å². The van der Waals surface area contributed by atoms with E-state index in [0.717, 1.165) is 69.0 Å². The maximum Gasteiger partial charge on any atom is 0.293 e. The molecule has 4 fully saturated rings. The van der Waals surface area contributed by atoms with Crippen molar-refractivity contribution in [1.29, 1.82) is 0 Å². The Hall–Kier alpha value is -5.75. The van der Waals surface area contributed by atoms with Crippen LogP contribution in [0.15, 0.2) is 83.9 Å². The van der Waals surface area contributed by atoms with E-state index in [1.54, 1.807) is 37.6 Å². The highest BCUT2D eigenvalue weighted by molar-refractivity contribution is 7.90. The van der Waals surface area contributed by atoms with Gasteiger partial charge in [-0.1, -0.05) is 44.5 Å². The lowest BCUT2D eigenvalue weighted by atomic mass is 9.70. The molecule has 2 atom stereocenters. The number of rotatable bonds is 17. The molecule has 2 saturated heterocycles. The van der Waals surface area contributed by atoms with Crippen molar-refractivity contribution >= 4 is 44.0 Å². The first-order valence-electron chi connectivity index (χ1n) is 24.4. The third-order valence-electron chi connectivity index (χ3n) is 15.1. The topological polar surface area (TPSA) is 201 Å². The summed E-state index contributed by atoms with van der Waals surface area (Å²) >= 11 is 0. The number of aliphatic hydroxyl groups is 1. The number of carbonyl (C=O) groups is 1. The summed E-state index contributed by atoms with van der Waals surface area (Å²) in [4.78, 5) is 38.1. The largest absolute Gasteiger partial charge is 0.473 e. The number of aromatic nitrogens is 2. The standard InChI is InChI=1S/C52H65N7O9S/c1-34(2)39-8-5-6-9-40(39)41-10-7-11-44(41)58-32-52(33-58)21-24-57(25-22-52)37-12-14-42(46(29-37)68-47-28-36-18-23-53-48(36)55-50(47)67-27-26-66-4)49(60)56-69(64,65)38-13-15-43(45(30-38)59(62)63)54-31-35-16-19-51(3,61)20-17-35/h5-6,8-9,12-15,18,23,28-30,34-35,41,44,54,61H,7,10-11,16-17,19-22,24-27,31-33H2,1-4H3,(H,53,55)(H,56,60)/t35-,41-,44-,51-/m1/s1. The zero-order chi connectivity index (χ0) is 48.5. The predicted molar refractivity (Wildman–Crippen MR) is 265 cm³/mol. The summed E-state index contributed by atoms with van der Waals surface area (Å²) in [6.45, 7) is 11.0. The van der Waals surface area contributed by atoms with E-state index in [9.17, 15) is 28.4 Å². The first kappa shape index (κ1) is 48.3. The fourth-order valence-electron chi connectivity index (χ4n) is 11.1. The first-order chi connectivity index (χ1) is 33.1. The molecule has 5 aromatic rings. The summed E-state index contributed by atoms with van der Waals surface area (Å²) in [5.41, 5.74) is 3.52. The molecule has 2 aliphatic heterocycles. The quantitative estimate of drug-likeness (QED) is 0.0391. The molecule has 3 aromatic carbocycles. The monoisotopic (exact) mass is 963 g/mol. The molecule has 16 nitrogen and oxygen atoms in total. The van der Waals surface area contributed by atoms with Gasteiger partial charge in [-0.3, -0.25) is 19.8 Å². The van der Waals surface area contributed by atoms with Crippen molar-refractivity contribution in [2.45, 2.75) is 107 Å². The number of benzene rings is 3. The van der Waals surface area contributed by atoms with Gasteiger partial charge in [0, 0.05) is 75.3 Å². The number of carbonyl (C=O) groups excluding carboxylic acids is 1. The number of amides is 1. The van der Waals surface area contributed by atoms with Crippen molar-refractivity contribution in [2.75, 3.05) is 63.3 Å². The van der Waals surface area contributed by atoms with Gasteiger partial charge in [0.05, 0.1) is 27.6 Å². The van der Waals surface area contributed by atoms with E-state index < -0.39 is 37.0 Å². The Morgan fingerprint density at radius 3 is 2.48 bits per heavy atom. The average molecular weight is 964 g/mol. The SMILES string of the molecule is COCCOc1nc2[nH]ccc2cc1Oc1cc(N2CCC3(CC2)CN([C@@H]2CCC[C@@H]2c2ccccc2C(C)C)C3)ccc1C(=O)NS(=O)(=O)c1ccc(NC[C@H]2CC[C@](C)(O)CC2)c([N+](=O)[O-])c1. The van der Waals surface area contributed by atoms with Gasteiger partial charge < -0.3 is 34.5 Å². The summed E-state index contributed by atoms with van der Waals surface area (Å²) in [6.07, 6.45) is 10.2. The number of nitro groups is 1. The molecule has 0 radical (unpaired) electrons. The minimum absolute atomic E-state index is 0.0762. The Morgan fingerprint density at radius 2 is 1.74 bits per heavy atom. The fraction of sp³-hybridized carbons (Fsp3) is 0.500. The highest BCUT2D eigenvalue weighted by Crippen LogP contribution is 2.49. The van der Waals surface area contributed by atoms with Crippen molar-refractivity contribution in [3.8, 4) is 17.4 Å². The second-order valence-corrected chi connectivity index (χ2v) is 22.0. The van der Waals surface area contributed by atoms with Crippen LogP contribution < -0.4 is 24.4 Å². The number of methoxy groups -OCH3 is 1. The molecule has 1 amide bonds. The molecular weight excluding hydrogens is 899 g/mol. The van der Waals surface area contributed by atoms with Gasteiger partial charge in [-0.25, -0.2) is 13.1 Å². The number of hydrogen-bond donors (Lipinski definition) is 4. The highest BCUT2D eigenvalue weighted by Gasteiger charge is 2.49. The Labute approximate surface area is 404 Å². The number of fused-ring (bicyclic) bond motifs is 1. The number of ether oxygens (including phenoxy) is 3. The zero-order valence-electron chi connectivity index (χ0n) is 40.0.